The van der Waals surface area contributed by atoms with Crippen molar-refractivity contribution in [2.75, 3.05) is 11.9 Å². The molecule has 1 aliphatic rings. The lowest BCUT2D eigenvalue weighted by Gasteiger charge is -2.13. The van der Waals surface area contributed by atoms with E-state index in [1.807, 2.05) is 32.0 Å². The Morgan fingerprint density at radius 3 is 2.78 bits per heavy atom. The van der Waals surface area contributed by atoms with Gasteiger partial charge in [0.05, 0.1) is 13.0 Å². The summed E-state index contributed by atoms with van der Waals surface area (Å²) in [6.07, 6.45) is -1.32. The smallest absolute Gasteiger partial charge is 0.377 e. The molecule has 18 heavy (non-hydrogen) atoms. The minimum Gasteiger partial charge on any atom is -0.456 e. The van der Waals surface area contributed by atoms with Crippen LogP contribution >= 0.6 is 0 Å². The van der Waals surface area contributed by atoms with E-state index < -0.39 is 24.4 Å². The summed E-state index contributed by atoms with van der Waals surface area (Å²) in [7, 11) is 0. The number of carbonyl (C=O) groups excluding carboxylic acids is 1. The lowest BCUT2D eigenvalue weighted by atomic mass is 10.1. The molecule has 1 fully saturated rings. The van der Waals surface area contributed by atoms with Crippen LogP contribution in [-0.2, 0) is 9.53 Å². The number of hydrogen-bond donors (Lipinski definition) is 1. The molecular formula is C13H15F2NO2. The maximum absolute atomic E-state index is 13.0. The van der Waals surface area contributed by atoms with Gasteiger partial charge in [-0.05, 0) is 31.0 Å². The van der Waals surface area contributed by atoms with Crippen molar-refractivity contribution in [2.45, 2.75) is 32.3 Å². The molecule has 0 saturated carbocycles. The third-order valence-electron chi connectivity index (χ3n) is 2.97. The van der Waals surface area contributed by atoms with E-state index in [-0.39, 0.29) is 6.54 Å². The number of nitrogens with one attached hydrogen (secondary N) is 1. The molecule has 0 spiro atoms. The van der Waals surface area contributed by atoms with Crippen LogP contribution in [-0.4, -0.2) is 24.5 Å². The fraction of sp³-hybridized carbons (Fsp3) is 0.462. The van der Waals surface area contributed by atoms with Crippen molar-refractivity contribution in [2.24, 2.45) is 0 Å². The molecule has 0 aliphatic carbocycles. The molecule has 1 aliphatic heterocycles. The first-order chi connectivity index (χ1) is 8.38. The number of anilines is 1. The van der Waals surface area contributed by atoms with Crippen molar-refractivity contribution in [3.8, 4) is 0 Å². The number of aryl methyl sites for hydroxylation is 2. The first-order valence-corrected chi connectivity index (χ1v) is 5.78. The summed E-state index contributed by atoms with van der Waals surface area (Å²) in [6.45, 7) is 4.08. The average molecular weight is 255 g/mol. The molecule has 1 aromatic carbocycles. The highest BCUT2D eigenvalue weighted by molar-refractivity contribution is 5.79. The van der Waals surface area contributed by atoms with Crippen LogP contribution in [0.5, 0.6) is 0 Å². The monoisotopic (exact) mass is 255 g/mol. The summed E-state index contributed by atoms with van der Waals surface area (Å²) in [5.74, 6) is -4.76. The normalized spacial score (nSPS) is 21.8. The van der Waals surface area contributed by atoms with Gasteiger partial charge in [-0.3, -0.25) is 0 Å². The van der Waals surface area contributed by atoms with E-state index in [1.54, 1.807) is 0 Å². The molecule has 1 unspecified atom stereocenters. The Kier molecular flexibility index (Phi) is 3.24. The number of hydrogen-bond acceptors (Lipinski definition) is 3. The van der Waals surface area contributed by atoms with Crippen LogP contribution < -0.4 is 5.32 Å². The number of benzene rings is 1. The summed E-state index contributed by atoms with van der Waals surface area (Å²) in [5, 5.41) is 3.04. The second-order valence-corrected chi connectivity index (χ2v) is 4.64. The van der Waals surface area contributed by atoms with Crippen molar-refractivity contribution in [1.29, 1.82) is 0 Å². The van der Waals surface area contributed by atoms with Gasteiger partial charge in [0.1, 0.15) is 6.10 Å². The Bertz CT molecular complexity index is 474. The van der Waals surface area contributed by atoms with Gasteiger partial charge in [0.2, 0.25) is 0 Å². The zero-order chi connectivity index (χ0) is 13.3. The van der Waals surface area contributed by atoms with E-state index in [1.165, 1.54) is 0 Å². The fourth-order valence-electron chi connectivity index (χ4n) is 1.91. The van der Waals surface area contributed by atoms with Crippen molar-refractivity contribution in [3.63, 3.8) is 0 Å². The maximum Gasteiger partial charge on any atom is 0.377 e. The Morgan fingerprint density at radius 1 is 1.44 bits per heavy atom. The van der Waals surface area contributed by atoms with E-state index in [0.717, 1.165) is 16.8 Å². The molecule has 98 valence electrons. The van der Waals surface area contributed by atoms with E-state index in [4.69, 9.17) is 0 Å². The van der Waals surface area contributed by atoms with Gasteiger partial charge < -0.3 is 10.1 Å². The fourth-order valence-corrected chi connectivity index (χ4v) is 1.91. The summed E-state index contributed by atoms with van der Waals surface area (Å²) in [5.41, 5.74) is 2.98. The highest BCUT2D eigenvalue weighted by Gasteiger charge is 2.50. The molecule has 0 amide bonds. The molecule has 5 heteroatoms. The maximum atomic E-state index is 13.0. The predicted octanol–water partition coefficient (Wildman–Crippen LogP) is 2.67. The molecule has 1 aromatic rings. The Labute approximate surface area is 104 Å². The summed E-state index contributed by atoms with van der Waals surface area (Å²) < 4.78 is 30.5. The van der Waals surface area contributed by atoms with Crippen LogP contribution in [0.1, 0.15) is 17.5 Å². The van der Waals surface area contributed by atoms with Crippen LogP contribution in [0.4, 0.5) is 14.5 Å². The van der Waals surface area contributed by atoms with Gasteiger partial charge >= 0.3 is 11.9 Å². The molecule has 2 rings (SSSR count). The largest absolute Gasteiger partial charge is 0.456 e. The molecule has 1 atom stereocenters. The van der Waals surface area contributed by atoms with Gasteiger partial charge in [-0.2, -0.15) is 8.78 Å². The highest BCUT2D eigenvalue weighted by atomic mass is 19.3. The van der Waals surface area contributed by atoms with Gasteiger partial charge in [-0.25, -0.2) is 4.79 Å². The van der Waals surface area contributed by atoms with Crippen LogP contribution in [0.2, 0.25) is 0 Å². The second kappa shape index (κ2) is 4.55. The molecule has 0 bridgehead atoms. The third kappa shape index (κ3) is 2.60. The Morgan fingerprint density at radius 2 is 2.17 bits per heavy atom. The highest BCUT2D eigenvalue weighted by Crippen LogP contribution is 2.31. The van der Waals surface area contributed by atoms with E-state index >= 15 is 0 Å². The number of halogens is 2. The van der Waals surface area contributed by atoms with Crippen molar-refractivity contribution in [1.82, 2.24) is 0 Å². The molecule has 1 N–H and O–H groups in total. The Hall–Kier alpha value is -1.65. The number of ether oxygens (including phenoxy) is 1. The average Bonchev–Trinajstić information content (AvgIpc) is 2.54. The molecule has 1 saturated heterocycles. The zero-order valence-corrected chi connectivity index (χ0v) is 10.3. The molecule has 3 nitrogen and oxygen atoms in total. The third-order valence-corrected chi connectivity index (χ3v) is 2.97. The van der Waals surface area contributed by atoms with Crippen LogP contribution in [0.25, 0.3) is 0 Å². The van der Waals surface area contributed by atoms with E-state index in [9.17, 15) is 13.6 Å². The number of rotatable bonds is 3. The summed E-state index contributed by atoms with van der Waals surface area (Å²) in [6, 6.07) is 5.86. The van der Waals surface area contributed by atoms with Crippen LogP contribution in [0, 0.1) is 13.8 Å². The minimum atomic E-state index is -3.34. The van der Waals surface area contributed by atoms with Crippen molar-refractivity contribution >= 4 is 11.7 Å². The molecular weight excluding hydrogens is 240 g/mol. The SMILES string of the molecule is Cc1ccc(C)c(NCC2CC(F)(F)C(=O)O2)c1. The lowest BCUT2D eigenvalue weighted by Crippen LogP contribution is -2.22. The molecule has 1 heterocycles. The Balaban J connectivity index is 1.97. The standard InChI is InChI=1S/C13H15F2NO2/c1-8-3-4-9(2)11(5-8)16-7-10-6-13(14,15)12(17)18-10/h3-5,10,16H,6-7H2,1-2H3. The number of alkyl halides is 2. The number of esters is 1. The van der Waals surface area contributed by atoms with Gasteiger partial charge in [-0.15, -0.1) is 0 Å². The van der Waals surface area contributed by atoms with Gasteiger partial charge in [0.25, 0.3) is 0 Å². The van der Waals surface area contributed by atoms with Gasteiger partial charge in [-0.1, -0.05) is 12.1 Å². The van der Waals surface area contributed by atoms with Crippen LogP contribution in [0.15, 0.2) is 18.2 Å². The number of carbonyl (C=O) groups is 1. The van der Waals surface area contributed by atoms with E-state index in [0.29, 0.717) is 0 Å². The molecule has 0 aromatic heterocycles. The quantitative estimate of drug-likeness (QED) is 0.844. The zero-order valence-electron chi connectivity index (χ0n) is 10.3. The van der Waals surface area contributed by atoms with Crippen molar-refractivity contribution < 1.29 is 18.3 Å². The van der Waals surface area contributed by atoms with Crippen LogP contribution in [0.3, 0.4) is 0 Å². The van der Waals surface area contributed by atoms with Crippen molar-refractivity contribution in [3.05, 3.63) is 29.3 Å². The minimum absolute atomic E-state index is 0.200. The summed E-state index contributed by atoms with van der Waals surface area (Å²) in [4.78, 5) is 10.8. The second-order valence-electron chi connectivity index (χ2n) is 4.64. The van der Waals surface area contributed by atoms with Gasteiger partial charge in [0.15, 0.2) is 0 Å². The van der Waals surface area contributed by atoms with E-state index in [2.05, 4.69) is 10.1 Å². The number of cyclic esters (lactones) is 1. The first kappa shape index (κ1) is 12.8. The van der Waals surface area contributed by atoms with Gasteiger partial charge in [0, 0.05) is 5.69 Å². The predicted molar refractivity (Wildman–Crippen MR) is 63.8 cm³/mol. The lowest BCUT2D eigenvalue weighted by molar-refractivity contribution is -0.158. The summed E-state index contributed by atoms with van der Waals surface area (Å²) >= 11 is 0. The topological polar surface area (TPSA) is 38.3 Å². The molecule has 0 radical (unpaired) electrons. The first-order valence-electron chi connectivity index (χ1n) is 5.78.